The monoisotopic (exact) mass is 1300 g/mol. The number of hydrogen-bond acceptors (Lipinski definition) is 8. The molecule has 0 saturated carbocycles. The second kappa shape index (κ2) is 71.7. The van der Waals surface area contributed by atoms with Gasteiger partial charge >= 0.3 is 11.9 Å². The molecule has 0 aliphatic heterocycles. The Morgan fingerprint density at radius 3 is 0.935 bits per heavy atom. The van der Waals surface area contributed by atoms with Crippen LogP contribution >= 0.6 is 7.82 Å². The molecular formula is C82H144NO8P. The fraction of sp³-hybridized carbons (Fsp3) is 0.732. The van der Waals surface area contributed by atoms with Gasteiger partial charge in [0.05, 0.1) is 27.7 Å². The van der Waals surface area contributed by atoms with E-state index in [2.05, 4.69) is 135 Å². The molecule has 0 aromatic carbocycles. The molecule has 0 radical (unpaired) electrons. The normalized spacial score (nSPS) is 13.8. The number of ether oxygens (including phenoxy) is 2. The van der Waals surface area contributed by atoms with Gasteiger partial charge in [-0.05, 0) is 109 Å². The summed E-state index contributed by atoms with van der Waals surface area (Å²) in [4.78, 5) is 38.1. The molecule has 92 heavy (non-hydrogen) atoms. The predicted molar refractivity (Wildman–Crippen MR) is 397 cm³/mol. The van der Waals surface area contributed by atoms with Crippen LogP contribution in [0.25, 0.3) is 0 Å². The molecule has 530 valence electrons. The Labute approximate surface area is 568 Å². The molecule has 0 aromatic rings. The maximum Gasteiger partial charge on any atom is 0.306 e. The van der Waals surface area contributed by atoms with Crippen molar-refractivity contribution < 1.29 is 42.1 Å². The minimum absolute atomic E-state index is 0.0396. The highest BCUT2D eigenvalue weighted by Crippen LogP contribution is 2.38. The van der Waals surface area contributed by atoms with Crippen molar-refractivity contribution in [1.29, 1.82) is 0 Å². The highest BCUT2D eigenvalue weighted by molar-refractivity contribution is 7.45. The first-order chi connectivity index (χ1) is 45.0. The van der Waals surface area contributed by atoms with Crippen LogP contribution < -0.4 is 4.89 Å². The van der Waals surface area contributed by atoms with E-state index in [4.69, 9.17) is 18.5 Å². The van der Waals surface area contributed by atoms with Gasteiger partial charge in [0.2, 0.25) is 0 Å². The zero-order valence-corrected chi connectivity index (χ0v) is 61.4. The summed E-state index contributed by atoms with van der Waals surface area (Å²) in [7, 11) is 1.15. The SMILES string of the molecule is CC/C=C\C/C=C\C/C=C\C/C=C\C/C=C\C/C=C\C/C=C\C/C=C\C/C=C\CCCCCCCC(=O)OC(COC(=O)CCCCCCCCCCCCCCCCCCCCCCCCC/C=C\CCCCCCCCCC)COP(=O)([O-])OCC[N+](C)(C)C. The number of esters is 2. The standard InChI is InChI=1S/C82H144NO8P/c1-6-8-10-12-14-16-18-20-22-24-26-28-30-32-34-36-38-40-41-43-44-46-48-50-52-54-56-58-60-62-64-66-68-70-72-74-81(84)88-78-80(79-90-92(86,87)89-77-76-83(3,4)5)91-82(85)75-73-71-69-67-65-63-61-59-57-55-53-51-49-47-45-42-39-37-35-33-31-29-27-25-23-21-19-17-15-13-11-9-7-2/h9,11,15,17,21,23-24,26-27,29,33,35,39,42,47,49,53,55,59,61,80H,6-8,10,12-14,16,18-20,22,25,28,30-32,34,36-38,40-41,43-46,48,50-52,54,56-58,60,62-79H2,1-5H3/b11-9-,17-15-,23-21-,26-24-,29-27-,35-33-,42-39-,49-47-,55-53-,61-59-. The number of carbonyl (C=O) groups excluding carboxylic acids is 2. The zero-order valence-electron chi connectivity index (χ0n) is 60.5. The molecule has 0 aliphatic carbocycles. The summed E-state index contributed by atoms with van der Waals surface area (Å²) in [6.07, 6.45) is 103. The summed E-state index contributed by atoms with van der Waals surface area (Å²) in [6.45, 7) is 4.13. The molecule has 0 bridgehead atoms. The average Bonchev–Trinajstić information content (AvgIpc) is 2.23. The molecular weight excluding hydrogens is 1160 g/mol. The molecule has 10 heteroatoms. The van der Waals surface area contributed by atoms with Crippen molar-refractivity contribution >= 4 is 19.8 Å². The zero-order chi connectivity index (χ0) is 66.9. The molecule has 0 aliphatic rings. The fourth-order valence-electron chi connectivity index (χ4n) is 10.6. The van der Waals surface area contributed by atoms with Crippen molar-refractivity contribution in [2.45, 2.75) is 341 Å². The van der Waals surface area contributed by atoms with E-state index in [0.717, 1.165) is 109 Å². The van der Waals surface area contributed by atoms with Gasteiger partial charge in [-0.15, -0.1) is 0 Å². The van der Waals surface area contributed by atoms with Crippen LogP contribution in [0, 0.1) is 0 Å². The summed E-state index contributed by atoms with van der Waals surface area (Å²) in [5.74, 6) is -0.851. The Balaban J connectivity index is 4.05. The summed E-state index contributed by atoms with van der Waals surface area (Å²) in [5, 5.41) is 0. The van der Waals surface area contributed by atoms with Crippen molar-refractivity contribution in [3.05, 3.63) is 122 Å². The first kappa shape index (κ1) is 88.4. The van der Waals surface area contributed by atoms with Crippen molar-refractivity contribution in [2.24, 2.45) is 0 Å². The number of likely N-dealkylation sites (N-methyl/N-ethyl adjacent to an activating group) is 1. The number of unbranched alkanes of at least 4 members (excludes halogenated alkanes) is 36. The number of carbonyl (C=O) groups is 2. The summed E-state index contributed by atoms with van der Waals surface area (Å²) in [5.41, 5.74) is 0. The number of phosphoric acid groups is 1. The molecule has 2 unspecified atom stereocenters. The molecule has 0 aromatic heterocycles. The molecule has 0 rings (SSSR count). The second-order valence-electron chi connectivity index (χ2n) is 26.6. The van der Waals surface area contributed by atoms with Crippen molar-refractivity contribution in [3.63, 3.8) is 0 Å². The van der Waals surface area contributed by atoms with Gasteiger partial charge in [0.15, 0.2) is 6.10 Å². The third kappa shape index (κ3) is 75.4. The van der Waals surface area contributed by atoms with E-state index in [0.29, 0.717) is 17.4 Å². The summed E-state index contributed by atoms with van der Waals surface area (Å²) in [6, 6.07) is 0. The predicted octanol–water partition coefficient (Wildman–Crippen LogP) is 24.8. The van der Waals surface area contributed by atoms with Crippen LogP contribution in [0.4, 0.5) is 0 Å². The van der Waals surface area contributed by atoms with Crippen molar-refractivity contribution in [3.8, 4) is 0 Å². The Hall–Kier alpha value is -3.59. The van der Waals surface area contributed by atoms with Crippen LogP contribution in [0.5, 0.6) is 0 Å². The van der Waals surface area contributed by atoms with Crippen LogP contribution in [0.1, 0.15) is 335 Å². The molecule has 9 nitrogen and oxygen atoms in total. The molecule has 0 amide bonds. The molecule has 2 atom stereocenters. The Morgan fingerprint density at radius 1 is 0.348 bits per heavy atom. The van der Waals surface area contributed by atoms with Gasteiger partial charge < -0.3 is 27.9 Å². The van der Waals surface area contributed by atoms with Gasteiger partial charge in [-0.3, -0.25) is 14.2 Å². The number of allylic oxidation sites excluding steroid dienone is 20. The molecule has 0 heterocycles. The van der Waals surface area contributed by atoms with Gasteiger partial charge in [0, 0.05) is 12.8 Å². The Bertz CT molecular complexity index is 1970. The highest BCUT2D eigenvalue weighted by atomic mass is 31.2. The first-order valence-electron chi connectivity index (χ1n) is 38.2. The van der Waals surface area contributed by atoms with Gasteiger partial charge in [-0.25, -0.2) is 0 Å². The van der Waals surface area contributed by atoms with Gasteiger partial charge in [-0.2, -0.15) is 0 Å². The van der Waals surface area contributed by atoms with Crippen molar-refractivity contribution in [1.82, 2.24) is 0 Å². The lowest BCUT2D eigenvalue weighted by Crippen LogP contribution is -2.37. The first-order valence-corrected chi connectivity index (χ1v) is 39.7. The average molecular weight is 1300 g/mol. The maximum absolute atomic E-state index is 12.9. The summed E-state index contributed by atoms with van der Waals surface area (Å²) >= 11 is 0. The van der Waals surface area contributed by atoms with Crippen LogP contribution in [-0.4, -0.2) is 70.0 Å². The highest BCUT2D eigenvalue weighted by Gasteiger charge is 2.22. The second-order valence-corrected chi connectivity index (χ2v) is 28.0. The smallest absolute Gasteiger partial charge is 0.306 e. The Morgan fingerprint density at radius 2 is 0.620 bits per heavy atom. The van der Waals surface area contributed by atoms with Crippen LogP contribution in [0.2, 0.25) is 0 Å². The fourth-order valence-corrected chi connectivity index (χ4v) is 11.4. The lowest BCUT2D eigenvalue weighted by atomic mass is 10.0. The summed E-state index contributed by atoms with van der Waals surface area (Å²) < 4.78 is 34.3. The number of nitrogens with zero attached hydrogens (tertiary/aromatic N) is 1. The van der Waals surface area contributed by atoms with E-state index in [9.17, 15) is 19.0 Å². The van der Waals surface area contributed by atoms with E-state index in [-0.39, 0.29) is 32.0 Å². The lowest BCUT2D eigenvalue weighted by molar-refractivity contribution is -0.870. The molecule has 0 spiro atoms. The van der Waals surface area contributed by atoms with E-state index in [1.54, 1.807) is 0 Å². The molecule has 0 N–H and O–H groups in total. The minimum Gasteiger partial charge on any atom is -0.756 e. The largest absolute Gasteiger partial charge is 0.756 e. The van der Waals surface area contributed by atoms with Crippen molar-refractivity contribution in [2.75, 3.05) is 47.5 Å². The minimum atomic E-state index is -4.66. The maximum atomic E-state index is 12.9. The lowest BCUT2D eigenvalue weighted by Gasteiger charge is -2.28. The molecule has 0 saturated heterocycles. The van der Waals surface area contributed by atoms with Crippen LogP contribution in [0.3, 0.4) is 0 Å². The van der Waals surface area contributed by atoms with Crippen LogP contribution in [0.15, 0.2) is 122 Å². The van der Waals surface area contributed by atoms with E-state index < -0.39 is 26.5 Å². The van der Waals surface area contributed by atoms with E-state index >= 15 is 0 Å². The van der Waals surface area contributed by atoms with E-state index in [1.807, 2.05) is 21.1 Å². The third-order valence-electron chi connectivity index (χ3n) is 16.5. The third-order valence-corrected chi connectivity index (χ3v) is 17.4. The Kier molecular flexibility index (Phi) is 68.9. The number of hydrogen-bond donors (Lipinski definition) is 0. The number of rotatable bonds is 70. The van der Waals surface area contributed by atoms with Gasteiger partial charge in [0.25, 0.3) is 7.82 Å². The topological polar surface area (TPSA) is 111 Å². The van der Waals surface area contributed by atoms with Gasteiger partial charge in [0.1, 0.15) is 19.8 Å². The van der Waals surface area contributed by atoms with E-state index in [1.165, 1.54) is 193 Å². The molecule has 0 fully saturated rings. The number of phosphoric ester groups is 1. The van der Waals surface area contributed by atoms with Crippen LogP contribution in [-0.2, 0) is 32.7 Å². The quantitative estimate of drug-likeness (QED) is 0.0195. The number of quaternary nitrogens is 1. The van der Waals surface area contributed by atoms with Gasteiger partial charge in [-0.1, -0.05) is 334 Å².